The van der Waals surface area contributed by atoms with Crippen molar-refractivity contribution in [2.75, 3.05) is 0 Å². The van der Waals surface area contributed by atoms with Gasteiger partial charge in [0.25, 0.3) is 0 Å². The predicted octanol–water partition coefficient (Wildman–Crippen LogP) is 4.61. The van der Waals surface area contributed by atoms with E-state index in [9.17, 15) is 0 Å². The first-order valence-electron chi connectivity index (χ1n) is 6.77. The van der Waals surface area contributed by atoms with Crippen LogP contribution in [0.15, 0.2) is 48.5 Å². The number of fused-ring (bicyclic) bond motifs is 1. The van der Waals surface area contributed by atoms with Crippen LogP contribution in [0.4, 0.5) is 0 Å². The first kappa shape index (κ1) is 12.0. The molecule has 0 radical (unpaired) electrons. The Morgan fingerprint density at radius 2 is 1.53 bits per heavy atom. The number of aromatic nitrogens is 1. The van der Waals surface area contributed by atoms with Crippen LogP contribution in [0.1, 0.15) is 22.4 Å². The molecule has 0 spiro atoms. The molecule has 0 unspecified atom stereocenters. The van der Waals surface area contributed by atoms with E-state index in [1.165, 1.54) is 33.3 Å². The normalized spacial score (nSPS) is 11.1. The van der Waals surface area contributed by atoms with Gasteiger partial charge >= 0.3 is 0 Å². The fourth-order valence-corrected chi connectivity index (χ4v) is 2.81. The summed E-state index contributed by atoms with van der Waals surface area (Å²) in [6, 6.07) is 17.4. The van der Waals surface area contributed by atoms with E-state index in [4.69, 9.17) is 0 Å². The summed E-state index contributed by atoms with van der Waals surface area (Å²) in [5.74, 6) is 0. The van der Waals surface area contributed by atoms with Crippen molar-refractivity contribution >= 4 is 10.9 Å². The second-order valence-electron chi connectivity index (χ2n) is 5.30. The van der Waals surface area contributed by atoms with E-state index in [-0.39, 0.29) is 0 Å². The van der Waals surface area contributed by atoms with Crippen LogP contribution in [-0.4, -0.2) is 4.57 Å². The number of para-hydroxylation sites is 1. The van der Waals surface area contributed by atoms with Crippen molar-refractivity contribution in [3.05, 3.63) is 70.9 Å². The molecule has 0 saturated heterocycles. The molecule has 1 heterocycles. The zero-order valence-corrected chi connectivity index (χ0v) is 11.8. The summed E-state index contributed by atoms with van der Waals surface area (Å²) in [6.07, 6.45) is 0. The summed E-state index contributed by atoms with van der Waals surface area (Å²) >= 11 is 0. The Labute approximate surface area is 114 Å². The maximum atomic E-state index is 2.41. The van der Waals surface area contributed by atoms with Gasteiger partial charge in [-0.1, -0.05) is 36.4 Å². The Balaban J connectivity index is 2.13. The van der Waals surface area contributed by atoms with Gasteiger partial charge in [-0.15, -0.1) is 0 Å². The molecular weight excluding hydrogens is 230 g/mol. The molecule has 0 atom stereocenters. The zero-order chi connectivity index (χ0) is 13.4. The van der Waals surface area contributed by atoms with Crippen molar-refractivity contribution in [2.24, 2.45) is 0 Å². The third kappa shape index (κ3) is 2.06. The van der Waals surface area contributed by atoms with Crippen LogP contribution >= 0.6 is 0 Å². The maximum absolute atomic E-state index is 2.41. The third-order valence-corrected chi connectivity index (χ3v) is 3.98. The van der Waals surface area contributed by atoms with Crippen molar-refractivity contribution < 1.29 is 0 Å². The molecule has 96 valence electrons. The van der Waals surface area contributed by atoms with Crippen LogP contribution in [0, 0.1) is 20.8 Å². The smallest absolute Gasteiger partial charge is 0.0485 e. The van der Waals surface area contributed by atoms with Crippen LogP contribution in [0.5, 0.6) is 0 Å². The van der Waals surface area contributed by atoms with Crippen LogP contribution < -0.4 is 0 Å². The van der Waals surface area contributed by atoms with Gasteiger partial charge in [0.15, 0.2) is 0 Å². The van der Waals surface area contributed by atoms with Crippen LogP contribution in [-0.2, 0) is 6.54 Å². The Morgan fingerprint density at radius 1 is 0.842 bits per heavy atom. The molecule has 3 aromatic rings. The summed E-state index contributed by atoms with van der Waals surface area (Å²) in [7, 11) is 0. The SMILES string of the molecule is Cc1cccc(C)c1Cn1c(C)cc2ccccc21. The highest BCUT2D eigenvalue weighted by atomic mass is 15.0. The van der Waals surface area contributed by atoms with Gasteiger partial charge in [0.2, 0.25) is 0 Å². The summed E-state index contributed by atoms with van der Waals surface area (Å²) in [5, 5.41) is 1.33. The molecule has 0 aliphatic heterocycles. The number of nitrogens with zero attached hydrogens (tertiary/aromatic N) is 1. The lowest BCUT2D eigenvalue weighted by atomic mass is 10.0. The number of hydrogen-bond acceptors (Lipinski definition) is 0. The second-order valence-corrected chi connectivity index (χ2v) is 5.30. The Bertz CT molecular complexity index is 714. The van der Waals surface area contributed by atoms with Gasteiger partial charge in [-0.3, -0.25) is 0 Å². The van der Waals surface area contributed by atoms with E-state index >= 15 is 0 Å². The molecule has 1 heteroatoms. The molecule has 0 fully saturated rings. The number of hydrogen-bond donors (Lipinski definition) is 0. The summed E-state index contributed by atoms with van der Waals surface area (Å²) < 4.78 is 2.41. The van der Waals surface area contributed by atoms with E-state index in [0.717, 1.165) is 6.54 Å². The molecule has 0 amide bonds. The topological polar surface area (TPSA) is 4.93 Å². The molecular formula is C18H19N. The Kier molecular flexibility index (Phi) is 2.90. The van der Waals surface area contributed by atoms with Gasteiger partial charge in [0.1, 0.15) is 0 Å². The quantitative estimate of drug-likeness (QED) is 0.625. The summed E-state index contributed by atoms with van der Waals surface area (Å²) in [4.78, 5) is 0. The van der Waals surface area contributed by atoms with E-state index in [1.807, 2.05) is 0 Å². The van der Waals surface area contributed by atoms with E-state index < -0.39 is 0 Å². The minimum Gasteiger partial charge on any atom is -0.340 e. The van der Waals surface area contributed by atoms with E-state index in [1.54, 1.807) is 0 Å². The summed E-state index contributed by atoms with van der Waals surface area (Å²) in [6.45, 7) is 7.54. The second kappa shape index (κ2) is 4.58. The van der Waals surface area contributed by atoms with Crippen molar-refractivity contribution in [1.29, 1.82) is 0 Å². The predicted molar refractivity (Wildman–Crippen MR) is 81.7 cm³/mol. The molecule has 0 saturated carbocycles. The van der Waals surface area contributed by atoms with Gasteiger partial charge in [-0.25, -0.2) is 0 Å². The van der Waals surface area contributed by atoms with Crippen molar-refractivity contribution in [1.82, 2.24) is 4.57 Å². The molecule has 1 aromatic heterocycles. The molecule has 3 rings (SSSR count). The molecule has 19 heavy (non-hydrogen) atoms. The highest BCUT2D eigenvalue weighted by Gasteiger charge is 2.08. The monoisotopic (exact) mass is 249 g/mol. The highest BCUT2D eigenvalue weighted by Crippen LogP contribution is 2.23. The molecule has 0 aliphatic carbocycles. The first-order valence-corrected chi connectivity index (χ1v) is 6.77. The lowest BCUT2D eigenvalue weighted by Gasteiger charge is -2.13. The molecule has 0 N–H and O–H groups in total. The number of benzene rings is 2. The fraction of sp³-hybridized carbons (Fsp3) is 0.222. The number of rotatable bonds is 2. The Morgan fingerprint density at radius 3 is 2.26 bits per heavy atom. The third-order valence-electron chi connectivity index (χ3n) is 3.98. The first-order chi connectivity index (χ1) is 9.16. The number of aryl methyl sites for hydroxylation is 3. The average molecular weight is 249 g/mol. The molecule has 2 aromatic carbocycles. The van der Waals surface area contributed by atoms with Gasteiger partial charge in [-0.2, -0.15) is 0 Å². The van der Waals surface area contributed by atoms with Crippen LogP contribution in [0.3, 0.4) is 0 Å². The molecule has 0 bridgehead atoms. The minimum atomic E-state index is 0.956. The van der Waals surface area contributed by atoms with Gasteiger partial charge in [0, 0.05) is 17.8 Å². The molecule has 1 nitrogen and oxygen atoms in total. The van der Waals surface area contributed by atoms with Crippen LogP contribution in [0.25, 0.3) is 10.9 Å². The van der Waals surface area contributed by atoms with Gasteiger partial charge < -0.3 is 4.57 Å². The van der Waals surface area contributed by atoms with Crippen molar-refractivity contribution in [3.63, 3.8) is 0 Å². The standard InChI is InChI=1S/C18H19N/c1-13-7-6-8-14(2)17(13)12-19-15(3)11-16-9-4-5-10-18(16)19/h4-11H,12H2,1-3H3. The lowest BCUT2D eigenvalue weighted by Crippen LogP contribution is -2.04. The lowest BCUT2D eigenvalue weighted by molar-refractivity contribution is 0.794. The highest BCUT2D eigenvalue weighted by molar-refractivity contribution is 5.81. The maximum Gasteiger partial charge on any atom is 0.0485 e. The van der Waals surface area contributed by atoms with Crippen molar-refractivity contribution in [3.8, 4) is 0 Å². The Hall–Kier alpha value is -2.02. The molecule has 0 aliphatic rings. The average Bonchev–Trinajstić information content (AvgIpc) is 2.70. The van der Waals surface area contributed by atoms with E-state index in [0.29, 0.717) is 0 Å². The largest absolute Gasteiger partial charge is 0.340 e. The van der Waals surface area contributed by atoms with E-state index in [2.05, 4.69) is 73.9 Å². The van der Waals surface area contributed by atoms with Crippen molar-refractivity contribution in [2.45, 2.75) is 27.3 Å². The fourth-order valence-electron chi connectivity index (χ4n) is 2.81. The van der Waals surface area contributed by atoms with Crippen LogP contribution in [0.2, 0.25) is 0 Å². The van der Waals surface area contributed by atoms with Gasteiger partial charge in [0.05, 0.1) is 0 Å². The minimum absolute atomic E-state index is 0.956. The zero-order valence-electron chi connectivity index (χ0n) is 11.8. The summed E-state index contributed by atoms with van der Waals surface area (Å²) in [5.41, 5.74) is 6.83. The van der Waals surface area contributed by atoms with Gasteiger partial charge in [-0.05, 0) is 55.0 Å².